The summed E-state index contributed by atoms with van der Waals surface area (Å²) in [6.07, 6.45) is -1.74. The van der Waals surface area contributed by atoms with Crippen LogP contribution in [0.25, 0.3) is 0 Å². The highest BCUT2D eigenvalue weighted by molar-refractivity contribution is 5.76. The van der Waals surface area contributed by atoms with Crippen LogP contribution in [0.15, 0.2) is 54.6 Å². The molecule has 0 bridgehead atoms. The fraction of sp³-hybridized carbons (Fsp3) is 0.167. The van der Waals surface area contributed by atoms with Crippen molar-refractivity contribution in [2.75, 3.05) is 0 Å². The molecule has 0 amide bonds. The summed E-state index contributed by atoms with van der Waals surface area (Å²) >= 11 is 0. The van der Waals surface area contributed by atoms with Crippen LogP contribution in [0.1, 0.15) is 24.5 Å². The molecule has 0 aliphatic heterocycles. The van der Waals surface area contributed by atoms with Crippen molar-refractivity contribution in [2.45, 2.75) is 18.9 Å². The second-order valence-electron chi connectivity index (χ2n) is 4.88. The molecule has 0 heterocycles. The summed E-state index contributed by atoms with van der Waals surface area (Å²) in [5.41, 5.74) is 0.453. The standard InChI is InChI=1S/C18H15NO5/c19-12-16(24-18(22)10-9-17(20)21)13-5-4-8-15(11-13)23-14-6-2-1-3-7-14/h1-8,11,16H,9-10H2,(H,20,21). The third-order valence-electron chi connectivity index (χ3n) is 3.05. The van der Waals surface area contributed by atoms with Crippen molar-refractivity contribution in [3.63, 3.8) is 0 Å². The number of hydrogen-bond donors (Lipinski definition) is 1. The average molecular weight is 325 g/mol. The monoisotopic (exact) mass is 325 g/mol. The molecule has 6 heteroatoms. The van der Waals surface area contributed by atoms with Crippen LogP contribution in [0.5, 0.6) is 11.5 Å². The van der Waals surface area contributed by atoms with Gasteiger partial charge in [-0.15, -0.1) is 0 Å². The predicted octanol–water partition coefficient (Wildman–Crippen LogP) is 3.45. The van der Waals surface area contributed by atoms with Gasteiger partial charge in [0.05, 0.1) is 12.8 Å². The molecule has 1 unspecified atom stereocenters. The fourth-order valence-electron chi connectivity index (χ4n) is 1.93. The van der Waals surface area contributed by atoms with E-state index in [0.29, 0.717) is 17.1 Å². The zero-order chi connectivity index (χ0) is 17.4. The normalized spacial score (nSPS) is 11.1. The van der Waals surface area contributed by atoms with Crippen molar-refractivity contribution >= 4 is 11.9 Å². The molecule has 1 N–H and O–H groups in total. The van der Waals surface area contributed by atoms with Gasteiger partial charge in [-0.3, -0.25) is 9.59 Å². The Hall–Kier alpha value is -3.33. The molecule has 0 spiro atoms. The molecule has 6 nitrogen and oxygen atoms in total. The molecule has 0 saturated heterocycles. The van der Waals surface area contributed by atoms with E-state index < -0.39 is 18.0 Å². The lowest BCUT2D eigenvalue weighted by atomic mass is 10.1. The van der Waals surface area contributed by atoms with Gasteiger partial charge in [0.25, 0.3) is 0 Å². The van der Waals surface area contributed by atoms with Gasteiger partial charge in [-0.05, 0) is 24.3 Å². The second kappa shape index (κ2) is 8.34. The number of carbonyl (C=O) groups excluding carboxylic acids is 1. The molecule has 2 rings (SSSR count). The van der Waals surface area contributed by atoms with E-state index in [1.807, 2.05) is 24.3 Å². The van der Waals surface area contributed by atoms with Crippen LogP contribution in [0.4, 0.5) is 0 Å². The summed E-state index contributed by atoms with van der Waals surface area (Å²) in [5, 5.41) is 17.8. The minimum absolute atomic E-state index is 0.284. The highest BCUT2D eigenvalue weighted by atomic mass is 16.5. The first-order valence-electron chi connectivity index (χ1n) is 7.22. The molecular weight excluding hydrogens is 310 g/mol. The number of carboxylic acids is 1. The third kappa shape index (κ3) is 5.14. The number of ether oxygens (including phenoxy) is 2. The number of carboxylic acid groups (broad SMARTS) is 1. The van der Waals surface area contributed by atoms with Crippen LogP contribution in [-0.4, -0.2) is 17.0 Å². The Morgan fingerprint density at radius 2 is 1.75 bits per heavy atom. The number of rotatable bonds is 7. The van der Waals surface area contributed by atoms with E-state index in [-0.39, 0.29) is 12.8 Å². The largest absolute Gasteiger partial charge is 0.481 e. The van der Waals surface area contributed by atoms with E-state index in [0.717, 1.165) is 0 Å². The van der Waals surface area contributed by atoms with Crippen molar-refractivity contribution in [2.24, 2.45) is 0 Å². The lowest BCUT2D eigenvalue weighted by Gasteiger charge is -2.12. The van der Waals surface area contributed by atoms with Gasteiger partial charge in [-0.25, -0.2) is 0 Å². The molecule has 2 aromatic rings. The molecule has 0 aromatic heterocycles. The molecule has 122 valence electrons. The summed E-state index contributed by atoms with van der Waals surface area (Å²) in [6.45, 7) is 0. The summed E-state index contributed by atoms with van der Waals surface area (Å²) in [4.78, 5) is 22.1. The number of aliphatic carboxylic acids is 1. The number of esters is 1. The number of para-hydroxylation sites is 1. The first-order chi connectivity index (χ1) is 11.6. The van der Waals surface area contributed by atoms with Gasteiger partial charge in [0.2, 0.25) is 6.10 Å². The van der Waals surface area contributed by atoms with Crippen LogP contribution in [0, 0.1) is 11.3 Å². The van der Waals surface area contributed by atoms with Gasteiger partial charge in [-0.2, -0.15) is 5.26 Å². The zero-order valence-corrected chi connectivity index (χ0v) is 12.7. The average Bonchev–Trinajstić information content (AvgIpc) is 2.59. The Bertz CT molecular complexity index is 752. The van der Waals surface area contributed by atoms with Gasteiger partial charge in [0.1, 0.15) is 17.6 Å². The molecule has 1 atom stereocenters. The Balaban J connectivity index is 2.06. The lowest BCUT2D eigenvalue weighted by Crippen LogP contribution is -2.11. The van der Waals surface area contributed by atoms with Crippen molar-refractivity contribution < 1.29 is 24.2 Å². The van der Waals surface area contributed by atoms with E-state index in [1.54, 1.807) is 36.4 Å². The smallest absolute Gasteiger partial charge is 0.308 e. The van der Waals surface area contributed by atoms with E-state index in [1.165, 1.54) is 0 Å². The SMILES string of the molecule is N#CC(OC(=O)CCC(=O)O)c1cccc(Oc2ccccc2)c1. The van der Waals surface area contributed by atoms with Crippen molar-refractivity contribution in [1.82, 2.24) is 0 Å². The number of benzene rings is 2. The number of nitriles is 1. The van der Waals surface area contributed by atoms with Crippen molar-refractivity contribution in [1.29, 1.82) is 5.26 Å². The summed E-state index contributed by atoms with van der Waals surface area (Å²) in [7, 11) is 0. The lowest BCUT2D eigenvalue weighted by molar-refractivity contribution is -0.150. The van der Waals surface area contributed by atoms with Crippen LogP contribution >= 0.6 is 0 Å². The molecular formula is C18H15NO5. The highest BCUT2D eigenvalue weighted by Crippen LogP contribution is 2.26. The van der Waals surface area contributed by atoms with E-state index in [4.69, 9.17) is 14.6 Å². The first-order valence-corrected chi connectivity index (χ1v) is 7.22. The van der Waals surface area contributed by atoms with Gasteiger partial charge < -0.3 is 14.6 Å². The minimum Gasteiger partial charge on any atom is -0.481 e. The Labute approximate surface area is 138 Å². The van der Waals surface area contributed by atoms with Gasteiger partial charge >= 0.3 is 11.9 Å². The maximum atomic E-state index is 11.6. The van der Waals surface area contributed by atoms with Crippen LogP contribution < -0.4 is 4.74 Å². The van der Waals surface area contributed by atoms with Crippen LogP contribution in [0.2, 0.25) is 0 Å². The number of hydrogen-bond acceptors (Lipinski definition) is 5. The number of carbonyl (C=O) groups is 2. The Morgan fingerprint density at radius 3 is 2.42 bits per heavy atom. The maximum Gasteiger partial charge on any atom is 0.308 e. The predicted molar refractivity (Wildman–Crippen MR) is 84.3 cm³/mol. The Morgan fingerprint density at radius 1 is 1.04 bits per heavy atom. The molecule has 0 aliphatic carbocycles. The topological polar surface area (TPSA) is 96.6 Å². The van der Waals surface area contributed by atoms with Gasteiger partial charge in [-0.1, -0.05) is 30.3 Å². The quantitative estimate of drug-likeness (QED) is 0.783. The summed E-state index contributed by atoms with van der Waals surface area (Å²) in [6, 6.07) is 17.6. The molecule has 0 radical (unpaired) electrons. The molecule has 2 aromatic carbocycles. The fourth-order valence-corrected chi connectivity index (χ4v) is 1.93. The minimum atomic E-state index is -1.12. The van der Waals surface area contributed by atoms with Crippen molar-refractivity contribution in [3.05, 3.63) is 60.2 Å². The summed E-state index contributed by atoms with van der Waals surface area (Å²) < 4.78 is 10.7. The molecule has 0 saturated carbocycles. The van der Waals surface area contributed by atoms with E-state index in [2.05, 4.69) is 0 Å². The van der Waals surface area contributed by atoms with Gasteiger partial charge in [0, 0.05) is 5.56 Å². The third-order valence-corrected chi connectivity index (χ3v) is 3.05. The maximum absolute atomic E-state index is 11.6. The van der Waals surface area contributed by atoms with Crippen molar-refractivity contribution in [3.8, 4) is 17.6 Å². The van der Waals surface area contributed by atoms with Crippen LogP contribution in [-0.2, 0) is 14.3 Å². The Kier molecular flexibility index (Phi) is 5.92. The zero-order valence-electron chi connectivity index (χ0n) is 12.7. The molecule has 24 heavy (non-hydrogen) atoms. The second-order valence-corrected chi connectivity index (χ2v) is 4.88. The first kappa shape index (κ1) is 17.0. The van der Waals surface area contributed by atoms with Crippen LogP contribution in [0.3, 0.4) is 0 Å². The van der Waals surface area contributed by atoms with E-state index in [9.17, 15) is 14.9 Å². The molecule has 0 aliphatic rings. The van der Waals surface area contributed by atoms with E-state index >= 15 is 0 Å². The summed E-state index contributed by atoms with van der Waals surface area (Å²) in [5.74, 6) is -0.695. The van der Waals surface area contributed by atoms with Gasteiger partial charge in [0.15, 0.2) is 0 Å². The highest BCUT2D eigenvalue weighted by Gasteiger charge is 2.17. The molecule has 0 fully saturated rings. The number of nitrogens with zero attached hydrogens (tertiary/aromatic N) is 1.